The summed E-state index contributed by atoms with van der Waals surface area (Å²) in [6.07, 6.45) is 2.13. The molecule has 0 rings (SSSR count). The summed E-state index contributed by atoms with van der Waals surface area (Å²) in [6.45, 7) is 1.69. The molecule has 0 aliphatic heterocycles. The molecule has 0 atom stereocenters. The number of urea groups is 1. The van der Waals surface area contributed by atoms with Gasteiger partial charge in [-0.15, -0.1) is 0 Å². The molecule has 17 heavy (non-hydrogen) atoms. The standard InChI is InChI=1S/C10H14N2O5/c1-3-11-10(16)12-5-4-7(6-8(13)14)9(15)17-2/h3,6H,4-5H2,1-2H3,(H,12,16)(H,13,14)/b7-6+,11-3?. The van der Waals surface area contributed by atoms with E-state index in [2.05, 4.69) is 15.0 Å². The average Bonchev–Trinajstić information content (AvgIpc) is 2.26. The van der Waals surface area contributed by atoms with Crippen LogP contribution in [0.4, 0.5) is 4.79 Å². The largest absolute Gasteiger partial charge is 0.478 e. The highest BCUT2D eigenvalue weighted by Crippen LogP contribution is 2.02. The van der Waals surface area contributed by atoms with Crippen molar-refractivity contribution in [3.8, 4) is 0 Å². The van der Waals surface area contributed by atoms with E-state index in [4.69, 9.17) is 5.11 Å². The second-order valence-electron chi connectivity index (χ2n) is 2.87. The molecule has 0 unspecified atom stereocenters. The first-order valence-corrected chi connectivity index (χ1v) is 4.79. The minimum atomic E-state index is -1.25. The Morgan fingerprint density at radius 1 is 1.41 bits per heavy atom. The van der Waals surface area contributed by atoms with Gasteiger partial charge in [-0.25, -0.2) is 19.4 Å². The molecule has 7 nitrogen and oxygen atoms in total. The summed E-state index contributed by atoms with van der Waals surface area (Å²) in [7, 11) is 1.15. The topological polar surface area (TPSA) is 105 Å². The first-order valence-electron chi connectivity index (χ1n) is 4.79. The monoisotopic (exact) mass is 242 g/mol. The van der Waals surface area contributed by atoms with Crippen LogP contribution in [0.3, 0.4) is 0 Å². The molecule has 0 aromatic rings. The number of methoxy groups -OCH3 is 1. The zero-order chi connectivity index (χ0) is 13.3. The Morgan fingerprint density at radius 2 is 2.06 bits per heavy atom. The summed E-state index contributed by atoms with van der Waals surface area (Å²) < 4.78 is 4.41. The van der Waals surface area contributed by atoms with Gasteiger partial charge in [0.15, 0.2) is 0 Å². The highest BCUT2D eigenvalue weighted by Gasteiger charge is 2.11. The number of aliphatic imine (C=N–C) groups is 1. The maximum absolute atomic E-state index is 11.2. The Balaban J connectivity index is 4.33. The van der Waals surface area contributed by atoms with Crippen molar-refractivity contribution in [2.24, 2.45) is 4.99 Å². The van der Waals surface area contributed by atoms with E-state index in [1.165, 1.54) is 6.21 Å². The number of rotatable bonds is 5. The van der Waals surface area contributed by atoms with Crippen molar-refractivity contribution in [3.63, 3.8) is 0 Å². The molecule has 94 valence electrons. The third-order valence-corrected chi connectivity index (χ3v) is 1.66. The number of carbonyl (C=O) groups is 3. The molecule has 0 fully saturated rings. The third kappa shape index (κ3) is 6.82. The Kier molecular flexibility index (Phi) is 7.00. The van der Waals surface area contributed by atoms with Gasteiger partial charge in [0.25, 0.3) is 0 Å². The smallest absolute Gasteiger partial charge is 0.340 e. The number of amides is 2. The van der Waals surface area contributed by atoms with E-state index in [9.17, 15) is 14.4 Å². The molecule has 2 amide bonds. The van der Waals surface area contributed by atoms with Crippen molar-refractivity contribution in [1.29, 1.82) is 0 Å². The van der Waals surface area contributed by atoms with Gasteiger partial charge in [0.05, 0.1) is 7.11 Å². The number of aliphatic carboxylic acids is 1. The highest BCUT2D eigenvalue weighted by molar-refractivity contribution is 5.95. The van der Waals surface area contributed by atoms with Crippen LogP contribution in [0.5, 0.6) is 0 Å². The minimum absolute atomic E-state index is 0.0271. The Labute approximate surface area is 98.2 Å². The zero-order valence-corrected chi connectivity index (χ0v) is 9.60. The normalized spacial score (nSPS) is 11.3. The van der Waals surface area contributed by atoms with Crippen LogP contribution in [0.25, 0.3) is 0 Å². The lowest BCUT2D eigenvalue weighted by molar-refractivity contribution is -0.137. The van der Waals surface area contributed by atoms with Crippen LogP contribution in [0.1, 0.15) is 13.3 Å². The summed E-state index contributed by atoms with van der Waals surface area (Å²) >= 11 is 0. The van der Waals surface area contributed by atoms with Crippen LogP contribution in [0.2, 0.25) is 0 Å². The predicted molar refractivity (Wildman–Crippen MR) is 59.9 cm³/mol. The highest BCUT2D eigenvalue weighted by atomic mass is 16.5. The van der Waals surface area contributed by atoms with E-state index in [-0.39, 0.29) is 18.5 Å². The lowest BCUT2D eigenvalue weighted by Crippen LogP contribution is -2.23. The first-order chi connectivity index (χ1) is 8.01. The Bertz CT molecular complexity index is 360. The molecule has 2 N–H and O–H groups in total. The van der Waals surface area contributed by atoms with Crippen molar-refractivity contribution < 1.29 is 24.2 Å². The predicted octanol–water partition coefficient (Wildman–Crippen LogP) is 0.361. The second-order valence-corrected chi connectivity index (χ2v) is 2.87. The van der Waals surface area contributed by atoms with Crippen molar-refractivity contribution in [3.05, 3.63) is 11.6 Å². The van der Waals surface area contributed by atoms with Crippen LogP contribution in [0, 0.1) is 0 Å². The molecule has 0 saturated heterocycles. The van der Waals surface area contributed by atoms with Crippen LogP contribution in [-0.2, 0) is 14.3 Å². The van der Waals surface area contributed by atoms with Crippen molar-refractivity contribution in [2.45, 2.75) is 13.3 Å². The number of carboxylic acid groups (broad SMARTS) is 1. The second kappa shape index (κ2) is 8.03. The van der Waals surface area contributed by atoms with Gasteiger partial charge in [-0.05, 0) is 13.3 Å². The van der Waals surface area contributed by atoms with Gasteiger partial charge in [0.2, 0.25) is 0 Å². The number of hydrogen-bond donors (Lipinski definition) is 2. The van der Waals surface area contributed by atoms with Crippen LogP contribution in [-0.4, -0.2) is 42.9 Å². The molecular formula is C10H14N2O5. The maximum Gasteiger partial charge on any atom is 0.340 e. The Morgan fingerprint density at radius 3 is 2.53 bits per heavy atom. The summed E-state index contributed by atoms with van der Waals surface area (Å²) in [6, 6.07) is -0.549. The molecule has 7 heteroatoms. The van der Waals surface area contributed by atoms with Crippen LogP contribution >= 0.6 is 0 Å². The number of carbonyl (C=O) groups excluding carboxylic acids is 2. The molecule has 0 radical (unpaired) electrons. The van der Waals surface area contributed by atoms with Crippen molar-refractivity contribution in [2.75, 3.05) is 13.7 Å². The summed E-state index contributed by atoms with van der Waals surface area (Å²) in [5.41, 5.74) is -0.0271. The van der Waals surface area contributed by atoms with Gasteiger partial charge in [0, 0.05) is 24.4 Å². The molecular weight excluding hydrogens is 228 g/mol. The maximum atomic E-state index is 11.2. The first kappa shape index (κ1) is 14.8. The van der Waals surface area contributed by atoms with Crippen molar-refractivity contribution >= 4 is 24.2 Å². The molecule has 0 heterocycles. The van der Waals surface area contributed by atoms with E-state index >= 15 is 0 Å². The number of nitrogens with zero attached hydrogens (tertiary/aromatic N) is 1. The van der Waals surface area contributed by atoms with Gasteiger partial charge in [-0.3, -0.25) is 0 Å². The quantitative estimate of drug-likeness (QED) is 0.411. The molecule has 0 saturated carbocycles. The molecule has 0 bridgehead atoms. The number of esters is 1. The van der Waals surface area contributed by atoms with Gasteiger partial charge in [-0.1, -0.05) is 0 Å². The third-order valence-electron chi connectivity index (χ3n) is 1.66. The van der Waals surface area contributed by atoms with Gasteiger partial charge < -0.3 is 15.2 Å². The number of carboxylic acids is 1. The number of hydrogen-bond acceptors (Lipinski definition) is 4. The van der Waals surface area contributed by atoms with E-state index in [1.807, 2.05) is 0 Å². The van der Waals surface area contributed by atoms with Gasteiger partial charge >= 0.3 is 18.0 Å². The fourth-order valence-electron chi connectivity index (χ4n) is 0.980. The SMILES string of the molecule is CC=NC(=O)NCC/C(=C\C(=O)O)C(=O)OC. The Hall–Kier alpha value is -2.18. The van der Waals surface area contributed by atoms with Gasteiger partial charge in [0.1, 0.15) is 0 Å². The van der Waals surface area contributed by atoms with E-state index in [0.29, 0.717) is 0 Å². The number of nitrogens with one attached hydrogen (secondary N) is 1. The molecule has 0 aliphatic carbocycles. The average molecular weight is 242 g/mol. The van der Waals surface area contributed by atoms with Gasteiger partial charge in [-0.2, -0.15) is 0 Å². The lowest BCUT2D eigenvalue weighted by atomic mass is 10.2. The van der Waals surface area contributed by atoms with E-state index < -0.39 is 18.0 Å². The molecule has 0 aromatic carbocycles. The summed E-state index contributed by atoms with van der Waals surface area (Å²) in [5.74, 6) is -1.98. The summed E-state index contributed by atoms with van der Waals surface area (Å²) in [4.78, 5) is 35.9. The molecule has 0 aliphatic rings. The van der Waals surface area contributed by atoms with Crippen LogP contribution in [0.15, 0.2) is 16.6 Å². The van der Waals surface area contributed by atoms with Crippen molar-refractivity contribution in [1.82, 2.24) is 5.32 Å². The minimum Gasteiger partial charge on any atom is -0.478 e. The van der Waals surface area contributed by atoms with E-state index in [1.54, 1.807) is 6.92 Å². The molecule has 0 spiro atoms. The fourth-order valence-corrected chi connectivity index (χ4v) is 0.980. The zero-order valence-electron chi connectivity index (χ0n) is 9.60. The number of ether oxygens (including phenoxy) is 1. The molecule has 0 aromatic heterocycles. The fraction of sp³-hybridized carbons (Fsp3) is 0.400. The lowest BCUT2D eigenvalue weighted by Gasteiger charge is -2.04. The van der Waals surface area contributed by atoms with E-state index in [0.717, 1.165) is 13.2 Å². The summed E-state index contributed by atoms with van der Waals surface area (Å²) in [5, 5.41) is 10.9. The van der Waals surface area contributed by atoms with Crippen LogP contribution < -0.4 is 5.32 Å².